The molecule has 0 unspecified atom stereocenters. The van der Waals surface area contributed by atoms with Gasteiger partial charge in [0.15, 0.2) is 0 Å². The Morgan fingerprint density at radius 1 is 0.909 bits per heavy atom. The Labute approximate surface area is 136 Å². The van der Waals surface area contributed by atoms with Gasteiger partial charge in [-0.2, -0.15) is 0 Å². The first-order valence-corrected chi connectivity index (χ1v) is 9.24. The first-order valence-electron chi connectivity index (χ1n) is 9.24. The zero-order valence-electron chi connectivity index (χ0n) is 14.0. The van der Waals surface area contributed by atoms with Crippen molar-refractivity contribution < 1.29 is 5.11 Å². The summed E-state index contributed by atoms with van der Waals surface area (Å²) in [5.74, 6) is 1.08. The van der Waals surface area contributed by atoms with Crippen LogP contribution in [0, 0.1) is 0 Å². The highest BCUT2D eigenvalue weighted by atomic mass is 16.3. The Morgan fingerprint density at radius 3 is 2.00 bits per heavy atom. The van der Waals surface area contributed by atoms with Crippen LogP contribution >= 0.6 is 0 Å². The lowest BCUT2D eigenvalue weighted by Gasteiger charge is -2.19. The maximum absolute atomic E-state index is 9.97. The summed E-state index contributed by atoms with van der Waals surface area (Å²) in [5.41, 5.74) is 2.45. The summed E-state index contributed by atoms with van der Waals surface area (Å²) >= 11 is 0. The van der Waals surface area contributed by atoms with Crippen molar-refractivity contribution in [1.82, 2.24) is 0 Å². The Kier molecular flexibility index (Phi) is 7.56. The van der Waals surface area contributed by atoms with Crippen molar-refractivity contribution in [1.29, 1.82) is 0 Å². The predicted octanol–water partition coefficient (Wildman–Crippen LogP) is 6.51. The molecule has 0 spiro atoms. The molecule has 0 saturated heterocycles. The van der Waals surface area contributed by atoms with Crippen molar-refractivity contribution in [3.63, 3.8) is 0 Å². The Hall–Kier alpha value is -1.24. The average Bonchev–Trinajstić information content (AvgIpc) is 2.50. The van der Waals surface area contributed by atoms with Gasteiger partial charge in [0.2, 0.25) is 0 Å². The van der Waals surface area contributed by atoms with Gasteiger partial charge in [0.25, 0.3) is 0 Å². The molecule has 0 amide bonds. The van der Waals surface area contributed by atoms with Crippen LogP contribution in [0.2, 0.25) is 0 Å². The van der Waals surface area contributed by atoms with Gasteiger partial charge in [-0.1, -0.05) is 76.0 Å². The second-order valence-electron chi connectivity index (χ2n) is 6.84. The summed E-state index contributed by atoms with van der Waals surface area (Å²) < 4.78 is 0. The maximum atomic E-state index is 9.97. The van der Waals surface area contributed by atoms with Crippen molar-refractivity contribution in [2.75, 3.05) is 0 Å². The van der Waals surface area contributed by atoms with Crippen molar-refractivity contribution in [2.45, 2.75) is 83.0 Å². The minimum atomic E-state index is 0.414. The predicted molar refractivity (Wildman–Crippen MR) is 95.5 cm³/mol. The van der Waals surface area contributed by atoms with E-state index in [1.807, 2.05) is 12.1 Å². The smallest absolute Gasteiger partial charge is 0.119 e. The fourth-order valence-corrected chi connectivity index (χ4v) is 3.67. The molecule has 0 bridgehead atoms. The molecular formula is C21H32O. The first kappa shape index (κ1) is 17.1. The molecule has 1 heteroatoms. The van der Waals surface area contributed by atoms with Gasteiger partial charge in [-0.3, -0.25) is 0 Å². The number of aromatic hydroxyl groups is 1. The van der Waals surface area contributed by atoms with Crippen LogP contribution in [0.5, 0.6) is 5.75 Å². The quantitative estimate of drug-likeness (QED) is 0.631. The summed E-state index contributed by atoms with van der Waals surface area (Å²) in [6.45, 7) is 3.80. The van der Waals surface area contributed by atoms with Gasteiger partial charge in [-0.25, -0.2) is 0 Å². The normalized spacial score (nSPS) is 19.1. The summed E-state index contributed by atoms with van der Waals surface area (Å²) in [5, 5.41) is 9.97. The third-order valence-electron chi connectivity index (χ3n) is 5.04. The Morgan fingerprint density at radius 2 is 1.45 bits per heavy atom. The molecule has 0 radical (unpaired) electrons. The molecule has 0 atom stereocenters. The summed E-state index contributed by atoms with van der Waals surface area (Å²) in [4.78, 5) is 0. The lowest BCUT2D eigenvalue weighted by Crippen LogP contribution is -2.01. The molecule has 2 rings (SSSR count). The number of rotatable bonds is 3. The van der Waals surface area contributed by atoms with E-state index >= 15 is 0 Å². The second kappa shape index (κ2) is 9.71. The molecule has 22 heavy (non-hydrogen) atoms. The van der Waals surface area contributed by atoms with E-state index in [1.54, 1.807) is 0 Å². The van der Waals surface area contributed by atoms with Gasteiger partial charge in [0, 0.05) is 0 Å². The van der Waals surface area contributed by atoms with Crippen molar-refractivity contribution in [3.05, 3.63) is 42.0 Å². The standard InChI is InChI=1S/C21H32O/c1-2-12-20-17-19(15-16-21(20)22)18-13-10-8-6-4-3-5-7-9-11-14-18/h2,15-18,22H,1,3-14H2. The Balaban J connectivity index is 2.04. The molecule has 1 saturated carbocycles. The van der Waals surface area contributed by atoms with E-state index in [9.17, 15) is 5.11 Å². The summed E-state index contributed by atoms with van der Waals surface area (Å²) in [7, 11) is 0. The summed E-state index contributed by atoms with van der Waals surface area (Å²) in [6.07, 6.45) is 17.8. The molecule has 1 aromatic rings. The largest absolute Gasteiger partial charge is 0.508 e. The third kappa shape index (κ3) is 5.51. The molecule has 0 heterocycles. The number of phenols is 1. The first-order chi connectivity index (χ1) is 10.8. The molecule has 0 aromatic heterocycles. The molecule has 1 fully saturated rings. The van der Waals surface area contributed by atoms with Gasteiger partial charge < -0.3 is 5.11 Å². The highest BCUT2D eigenvalue weighted by molar-refractivity contribution is 5.38. The minimum Gasteiger partial charge on any atom is -0.508 e. The molecule has 1 aromatic carbocycles. The highest BCUT2D eigenvalue weighted by Gasteiger charge is 2.13. The molecular weight excluding hydrogens is 268 g/mol. The minimum absolute atomic E-state index is 0.414. The van der Waals surface area contributed by atoms with E-state index in [2.05, 4.69) is 18.7 Å². The fraction of sp³-hybridized carbons (Fsp3) is 0.619. The number of hydrogen-bond donors (Lipinski definition) is 1. The van der Waals surface area contributed by atoms with E-state index in [0.717, 1.165) is 12.0 Å². The number of phenolic OH excluding ortho intramolecular Hbond substituents is 1. The van der Waals surface area contributed by atoms with Gasteiger partial charge in [-0.05, 0) is 42.4 Å². The second-order valence-corrected chi connectivity index (χ2v) is 6.84. The van der Waals surface area contributed by atoms with Crippen LogP contribution < -0.4 is 0 Å². The van der Waals surface area contributed by atoms with Crippen LogP contribution in [-0.2, 0) is 6.42 Å². The van der Waals surface area contributed by atoms with Gasteiger partial charge in [0.1, 0.15) is 5.75 Å². The van der Waals surface area contributed by atoms with Crippen molar-refractivity contribution in [3.8, 4) is 5.75 Å². The SMILES string of the molecule is C=CCc1cc(C2CCCCCCCCCCC2)ccc1O. The van der Waals surface area contributed by atoms with Crippen LogP contribution in [0.25, 0.3) is 0 Å². The molecule has 1 aliphatic rings. The number of hydrogen-bond acceptors (Lipinski definition) is 1. The monoisotopic (exact) mass is 300 g/mol. The van der Waals surface area contributed by atoms with Gasteiger partial charge in [-0.15, -0.1) is 6.58 Å². The van der Waals surface area contributed by atoms with E-state index in [-0.39, 0.29) is 0 Å². The van der Waals surface area contributed by atoms with Crippen LogP contribution in [0.15, 0.2) is 30.9 Å². The molecule has 1 N–H and O–H groups in total. The van der Waals surface area contributed by atoms with Crippen LogP contribution in [0.1, 0.15) is 87.7 Å². The van der Waals surface area contributed by atoms with Gasteiger partial charge >= 0.3 is 0 Å². The number of benzene rings is 1. The molecule has 1 aliphatic carbocycles. The number of allylic oxidation sites excluding steroid dienone is 1. The van der Waals surface area contributed by atoms with Crippen LogP contribution in [0.4, 0.5) is 0 Å². The third-order valence-corrected chi connectivity index (χ3v) is 5.04. The van der Waals surface area contributed by atoms with E-state index in [1.165, 1.54) is 76.2 Å². The summed E-state index contributed by atoms with van der Waals surface area (Å²) in [6, 6.07) is 6.23. The van der Waals surface area contributed by atoms with Crippen molar-refractivity contribution >= 4 is 0 Å². The fourth-order valence-electron chi connectivity index (χ4n) is 3.67. The topological polar surface area (TPSA) is 20.2 Å². The highest BCUT2D eigenvalue weighted by Crippen LogP contribution is 2.32. The molecule has 1 nitrogen and oxygen atoms in total. The van der Waals surface area contributed by atoms with E-state index in [0.29, 0.717) is 11.7 Å². The Bertz CT molecular complexity index is 437. The van der Waals surface area contributed by atoms with Gasteiger partial charge in [0.05, 0.1) is 0 Å². The zero-order valence-corrected chi connectivity index (χ0v) is 14.0. The van der Waals surface area contributed by atoms with Crippen molar-refractivity contribution in [2.24, 2.45) is 0 Å². The van der Waals surface area contributed by atoms with E-state index in [4.69, 9.17) is 0 Å². The maximum Gasteiger partial charge on any atom is 0.119 e. The van der Waals surface area contributed by atoms with Crippen LogP contribution in [-0.4, -0.2) is 5.11 Å². The molecule has 122 valence electrons. The molecule has 0 aliphatic heterocycles. The lowest BCUT2D eigenvalue weighted by atomic mass is 9.86. The zero-order chi connectivity index (χ0) is 15.6. The average molecular weight is 300 g/mol. The van der Waals surface area contributed by atoms with E-state index < -0.39 is 0 Å². The lowest BCUT2D eigenvalue weighted by molar-refractivity contribution is 0.460. The van der Waals surface area contributed by atoms with Crippen LogP contribution in [0.3, 0.4) is 0 Å².